The highest BCUT2D eigenvalue weighted by Crippen LogP contribution is 2.41. The van der Waals surface area contributed by atoms with Crippen LogP contribution in [0.4, 0.5) is 5.00 Å². The first-order chi connectivity index (χ1) is 12.7. The molecule has 0 saturated carbocycles. The minimum absolute atomic E-state index is 0.344. The molecule has 0 aromatic carbocycles. The zero-order chi connectivity index (χ0) is 19.9. The third kappa shape index (κ3) is 3.78. The Balaban J connectivity index is 1.89. The number of fused-ring (bicyclic) bond motifs is 1. The fraction of sp³-hybridized carbons (Fsp3) is 0.550. The van der Waals surface area contributed by atoms with Crippen LogP contribution in [0.3, 0.4) is 0 Å². The molecule has 7 heteroatoms. The van der Waals surface area contributed by atoms with Crippen LogP contribution in [0.1, 0.15) is 60.8 Å². The third-order valence-corrected chi connectivity index (χ3v) is 7.09. The van der Waals surface area contributed by atoms with E-state index < -0.39 is 23.7 Å². The summed E-state index contributed by atoms with van der Waals surface area (Å²) in [5, 5.41) is 12.9. The number of nitrogens with one attached hydrogen (secondary N) is 1. The van der Waals surface area contributed by atoms with E-state index in [4.69, 9.17) is 5.73 Å². The van der Waals surface area contributed by atoms with Crippen LogP contribution >= 0.6 is 11.3 Å². The van der Waals surface area contributed by atoms with Gasteiger partial charge in [0.25, 0.3) is 5.91 Å². The number of carbonyl (C=O) groups is 3. The number of allylic oxidation sites excluding steroid dienone is 2. The average Bonchev–Trinajstić information content (AvgIpc) is 2.93. The quantitative estimate of drug-likeness (QED) is 0.685. The SMILES string of the molecule is CC1=C(C)C[C@@H](C(=O)Nc2sc3c(c2C(N)=O)CC[C@H](C)C3)[C@@H](C(=O)O)C1. The number of carboxylic acids is 1. The fourth-order valence-electron chi connectivity index (χ4n) is 4.13. The molecule has 1 aromatic heterocycles. The highest BCUT2D eigenvalue weighted by Gasteiger charge is 2.38. The molecular formula is C20H26N2O4S. The lowest BCUT2D eigenvalue weighted by molar-refractivity contribution is -0.146. The minimum atomic E-state index is -0.962. The summed E-state index contributed by atoms with van der Waals surface area (Å²) in [5.41, 5.74) is 9.05. The normalized spacial score (nSPS) is 25.1. The monoisotopic (exact) mass is 390 g/mol. The molecule has 0 saturated heterocycles. The van der Waals surface area contributed by atoms with Crippen LogP contribution in [0.5, 0.6) is 0 Å². The van der Waals surface area contributed by atoms with Crippen LogP contribution in [0.15, 0.2) is 11.1 Å². The number of anilines is 1. The van der Waals surface area contributed by atoms with Crippen molar-refractivity contribution >= 4 is 34.1 Å². The first-order valence-corrected chi connectivity index (χ1v) is 10.1. The fourth-order valence-corrected chi connectivity index (χ4v) is 5.55. The molecule has 3 atom stereocenters. The van der Waals surface area contributed by atoms with E-state index in [1.165, 1.54) is 11.3 Å². The Bertz CT molecular complexity index is 839. The van der Waals surface area contributed by atoms with Gasteiger partial charge in [0.15, 0.2) is 0 Å². The highest BCUT2D eigenvalue weighted by molar-refractivity contribution is 7.17. The number of carbonyl (C=O) groups excluding carboxylic acids is 2. The van der Waals surface area contributed by atoms with Crippen molar-refractivity contribution < 1.29 is 19.5 Å². The molecule has 1 aromatic rings. The second-order valence-corrected chi connectivity index (χ2v) is 9.03. The largest absolute Gasteiger partial charge is 0.481 e. The Morgan fingerprint density at radius 2 is 1.74 bits per heavy atom. The summed E-state index contributed by atoms with van der Waals surface area (Å²) in [7, 11) is 0. The van der Waals surface area contributed by atoms with Crippen molar-refractivity contribution in [2.45, 2.75) is 52.9 Å². The maximum absolute atomic E-state index is 12.9. The molecule has 0 unspecified atom stereocenters. The topological polar surface area (TPSA) is 109 Å². The lowest BCUT2D eigenvalue weighted by atomic mass is 9.76. The van der Waals surface area contributed by atoms with E-state index >= 15 is 0 Å². The van der Waals surface area contributed by atoms with E-state index in [1.54, 1.807) is 0 Å². The van der Waals surface area contributed by atoms with Crippen molar-refractivity contribution in [1.82, 2.24) is 0 Å². The summed E-state index contributed by atoms with van der Waals surface area (Å²) < 4.78 is 0. The smallest absolute Gasteiger partial charge is 0.307 e. The van der Waals surface area contributed by atoms with E-state index in [-0.39, 0.29) is 5.91 Å². The molecule has 2 aliphatic carbocycles. The maximum atomic E-state index is 12.9. The lowest BCUT2D eigenvalue weighted by Gasteiger charge is -2.29. The number of thiophene rings is 1. The minimum Gasteiger partial charge on any atom is -0.481 e. The molecule has 2 aliphatic rings. The van der Waals surface area contributed by atoms with Gasteiger partial charge in [-0.05, 0) is 57.4 Å². The van der Waals surface area contributed by atoms with Crippen LogP contribution in [0.2, 0.25) is 0 Å². The van der Waals surface area contributed by atoms with E-state index in [9.17, 15) is 19.5 Å². The van der Waals surface area contributed by atoms with Crippen molar-refractivity contribution in [2.75, 3.05) is 5.32 Å². The van der Waals surface area contributed by atoms with Gasteiger partial charge in [0.2, 0.25) is 5.91 Å². The summed E-state index contributed by atoms with van der Waals surface area (Å²) in [6.45, 7) is 6.02. The Morgan fingerprint density at radius 3 is 2.33 bits per heavy atom. The van der Waals surface area contributed by atoms with Gasteiger partial charge in [-0.15, -0.1) is 11.3 Å². The van der Waals surface area contributed by atoms with Crippen LogP contribution in [0.25, 0.3) is 0 Å². The first-order valence-electron chi connectivity index (χ1n) is 9.32. The van der Waals surface area contributed by atoms with Crippen molar-refractivity contribution in [1.29, 1.82) is 0 Å². The van der Waals surface area contributed by atoms with Gasteiger partial charge < -0.3 is 16.2 Å². The van der Waals surface area contributed by atoms with Crippen molar-refractivity contribution in [3.63, 3.8) is 0 Å². The number of amides is 2. The van der Waals surface area contributed by atoms with Crippen LogP contribution in [-0.2, 0) is 22.4 Å². The Labute approximate surface area is 162 Å². The summed E-state index contributed by atoms with van der Waals surface area (Å²) >= 11 is 1.41. The highest BCUT2D eigenvalue weighted by atomic mass is 32.1. The standard InChI is InChI=1S/C20H26N2O4S/c1-9-4-5-12-15(6-9)27-19(16(12)17(21)23)22-18(24)13-7-10(2)11(3)8-14(13)20(25)26/h9,13-14H,4-8H2,1-3H3,(H2,21,23)(H,22,24)(H,25,26)/t9-,13+,14-/m0/s1. The van der Waals surface area contributed by atoms with Crippen LogP contribution in [0, 0.1) is 17.8 Å². The van der Waals surface area contributed by atoms with Crippen LogP contribution < -0.4 is 11.1 Å². The molecule has 3 rings (SSSR count). The number of carboxylic acid groups (broad SMARTS) is 1. The van der Waals surface area contributed by atoms with Crippen LogP contribution in [-0.4, -0.2) is 22.9 Å². The molecule has 146 valence electrons. The van der Waals surface area contributed by atoms with Crippen molar-refractivity contribution in [3.8, 4) is 0 Å². The Hall–Kier alpha value is -2.15. The Morgan fingerprint density at radius 1 is 1.11 bits per heavy atom. The Kier molecular flexibility index (Phi) is 5.42. The molecular weight excluding hydrogens is 364 g/mol. The third-order valence-electron chi connectivity index (χ3n) is 5.92. The average molecular weight is 391 g/mol. The maximum Gasteiger partial charge on any atom is 0.307 e. The number of nitrogens with two attached hydrogens (primary N) is 1. The van der Waals surface area contributed by atoms with Crippen molar-refractivity contribution in [2.24, 2.45) is 23.5 Å². The first kappa shape index (κ1) is 19.6. The molecule has 0 aliphatic heterocycles. The van der Waals surface area contributed by atoms with Gasteiger partial charge in [-0.2, -0.15) is 0 Å². The second-order valence-electron chi connectivity index (χ2n) is 7.93. The molecule has 1 heterocycles. The van der Waals surface area contributed by atoms with E-state index in [0.29, 0.717) is 29.3 Å². The summed E-state index contributed by atoms with van der Waals surface area (Å²) in [6.07, 6.45) is 3.44. The van der Waals surface area contributed by atoms with Gasteiger partial charge in [-0.3, -0.25) is 14.4 Å². The zero-order valence-electron chi connectivity index (χ0n) is 15.9. The number of hydrogen-bond donors (Lipinski definition) is 3. The van der Waals surface area contributed by atoms with E-state index in [1.807, 2.05) is 13.8 Å². The molecule has 0 fully saturated rings. The van der Waals surface area contributed by atoms with E-state index in [0.717, 1.165) is 40.8 Å². The number of primary amides is 1. The van der Waals surface area contributed by atoms with Gasteiger partial charge in [-0.1, -0.05) is 18.1 Å². The van der Waals surface area contributed by atoms with Gasteiger partial charge in [-0.25, -0.2) is 0 Å². The molecule has 6 nitrogen and oxygen atoms in total. The number of rotatable bonds is 4. The summed E-state index contributed by atoms with van der Waals surface area (Å²) in [5.74, 6) is -2.71. The van der Waals surface area contributed by atoms with Gasteiger partial charge in [0, 0.05) is 4.88 Å². The molecule has 27 heavy (non-hydrogen) atoms. The van der Waals surface area contributed by atoms with Gasteiger partial charge in [0.05, 0.1) is 17.4 Å². The number of hydrogen-bond acceptors (Lipinski definition) is 4. The number of aliphatic carboxylic acids is 1. The van der Waals surface area contributed by atoms with Gasteiger partial charge >= 0.3 is 5.97 Å². The predicted molar refractivity (Wildman–Crippen MR) is 105 cm³/mol. The van der Waals surface area contributed by atoms with Crippen molar-refractivity contribution in [3.05, 3.63) is 27.2 Å². The van der Waals surface area contributed by atoms with E-state index in [2.05, 4.69) is 12.2 Å². The molecule has 0 bridgehead atoms. The second kappa shape index (κ2) is 7.46. The summed E-state index contributed by atoms with van der Waals surface area (Å²) in [6, 6.07) is 0. The molecule has 4 N–H and O–H groups in total. The molecule has 0 radical (unpaired) electrons. The molecule has 2 amide bonds. The molecule has 0 spiro atoms. The summed E-state index contributed by atoms with van der Waals surface area (Å²) in [4.78, 5) is 37.8. The zero-order valence-corrected chi connectivity index (χ0v) is 16.7. The van der Waals surface area contributed by atoms with Gasteiger partial charge in [0.1, 0.15) is 5.00 Å². The lowest BCUT2D eigenvalue weighted by Crippen LogP contribution is -2.36. The predicted octanol–water partition coefficient (Wildman–Crippen LogP) is 3.36.